The highest BCUT2D eigenvalue weighted by atomic mass is 35.5. The van der Waals surface area contributed by atoms with Gasteiger partial charge in [0.1, 0.15) is 0 Å². The molecule has 1 aromatic carbocycles. The van der Waals surface area contributed by atoms with Crippen LogP contribution in [0.4, 0.5) is 10.5 Å². The first-order valence-corrected chi connectivity index (χ1v) is 8.40. The van der Waals surface area contributed by atoms with Gasteiger partial charge in [-0.25, -0.2) is 4.79 Å². The van der Waals surface area contributed by atoms with Crippen LogP contribution in [-0.2, 0) is 9.59 Å². The minimum atomic E-state index is -0.834. The van der Waals surface area contributed by atoms with Crippen LogP contribution in [-0.4, -0.2) is 66.9 Å². The molecule has 1 fully saturated rings. The van der Waals surface area contributed by atoms with E-state index >= 15 is 0 Å². The molecule has 0 saturated carbocycles. The highest BCUT2D eigenvalue weighted by Gasteiger charge is 2.19. The fraction of sp³-hybridized carbons (Fsp3) is 0.438. The van der Waals surface area contributed by atoms with Crippen molar-refractivity contribution in [1.82, 2.24) is 15.1 Å². The number of imide groups is 1. The number of carbonyl (C=O) groups is 3. The van der Waals surface area contributed by atoms with Gasteiger partial charge in [0.2, 0.25) is 11.8 Å². The summed E-state index contributed by atoms with van der Waals surface area (Å²) in [5, 5.41) is 5.36. The third-order valence-corrected chi connectivity index (χ3v) is 4.23. The summed E-state index contributed by atoms with van der Waals surface area (Å²) in [6, 6.07) is 6.27. The number of halogens is 1. The van der Waals surface area contributed by atoms with Crippen LogP contribution >= 0.6 is 11.6 Å². The molecule has 4 amide bonds. The second kappa shape index (κ2) is 9.36. The lowest BCUT2D eigenvalue weighted by molar-refractivity contribution is -0.120. The molecule has 1 aliphatic rings. The largest absolute Gasteiger partial charge is 0.351 e. The van der Waals surface area contributed by atoms with Crippen molar-refractivity contribution in [2.45, 2.75) is 6.42 Å². The van der Waals surface area contributed by atoms with E-state index in [-0.39, 0.29) is 18.2 Å². The third-order valence-electron chi connectivity index (χ3n) is 3.90. The zero-order valence-corrected chi connectivity index (χ0v) is 14.6. The number of carbonyl (C=O) groups excluding carboxylic acids is 3. The number of nitrogens with two attached hydrogens (primary N) is 1. The Morgan fingerprint density at radius 1 is 1.04 bits per heavy atom. The number of hydrogen-bond acceptors (Lipinski definition) is 5. The number of amides is 4. The summed E-state index contributed by atoms with van der Waals surface area (Å²) < 4.78 is 0. The second-order valence-electron chi connectivity index (χ2n) is 5.81. The number of nitrogens with zero attached hydrogens (tertiary/aromatic N) is 2. The van der Waals surface area contributed by atoms with Crippen LogP contribution in [0.2, 0.25) is 5.02 Å². The summed E-state index contributed by atoms with van der Waals surface area (Å²) in [4.78, 5) is 38.2. The van der Waals surface area contributed by atoms with E-state index in [1.54, 1.807) is 18.2 Å². The van der Waals surface area contributed by atoms with Crippen molar-refractivity contribution in [3.8, 4) is 0 Å². The Labute approximate surface area is 151 Å². The Balaban J connectivity index is 1.68. The first kappa shape index (κ1) is 19.2. The summed E-state index contributed by atoms with van der Waals surface area (Å²) in [7, 11) is 0. The van der Waals surface area contributed by atoms with Crippen LogP contribution < -0.4 is 16.4 Å². The highest BCUT2D eigenvalue weighted by Crippen LogP contribution is 2.20. The van der Waals surface area contributed by atoms with Gasteiger partial charge >= 0.3 is 6.03 Å². The maximum absolute atomic E-state index is 12.1. The van der Waals surface area contributed by atoms with E-state index in [4.69, 9.17) is 17.3 Å². The fourth-order valence-electron chi connectivity index (χ4n) is 2.59. The summed E-state index contributed by atoms with van der Waals surface area (Å²) in [6.07, 6.45) is 0.218. The molecule has 1 heterocycles. The van der Waals surface area contributed by atoms with Crippen LogP contribution in [0.3, 0.4) is 0 Å². The van der Waals surface area contributed by atoms with Gasteiger partial charge in [0.05, 0.1) is 17.3 Å². The molecule has 25 heavy (non-hydrogen) atoms. The van der Waals surface area contributed by atoms with Crippen molar-refractivity contribution in [2.75, 3.05) is 44.6 Å². The number of piperazine rings is 1. The van der Waals surface area contributed by atoms with Crippen molar-refractivity contribution in [3.05, 3.63) is 29.3 Å². The Hall–Kier alpha value is -2.16. The van der Waals surface area contributed by atoms with Crippen molar-refractivity contribution in [1.29, 1.82) is 0 Å². The van der Waals surface area contributed by atoms with Crippen LogP contribution in [0.5, 0.6) is 0 Å². The molecule has 1 aromatic rings. The molecule has 0 atom stereocenters. The van der Waals surface area contributed by atoms with E-state index in [2.05, 4.69) is 10.2 Å². The van der Waals surface area contributed by atoms with E-state index in [1.807, 2.05) is 16.3 Å². The van der Waals surface area contributed by atoms with Crippen molar-refractivity contribution >= 4 is 35.1 Å². The second-order valence-corrected chi connectivity index (χ2v) is 6.22. The molecule has 2 rings (SSSR count). The van der Waals surface area contributed by atoms with Gasteiger partial charge in [0.15, 0.2) is 0 Å². The summed E-state index contributed by atoms with van der Waals surface area (Å²) >= 11 is 6.03. The molecule has 4 N–H and O–H groups in total. The number of para-hydroxylation sites is 1. The molecule has 0 unspecified atom stereocenters. The van der Waals surface area contributed by atoms with Gasteiger partial charge in [-0.05, 0) is 12.1 Å². The van der Waals surface area contributed by atoms with Gasteiger partial charge in [-0.1, -0.05) is 23.7 Å². The molecule has 0 spiro atoms. The van der Waals surface area contributed by atoms with Gasteiger partial charge in [0.25, 0.3) is 0 Å². The van der Waals surface area contributed by atoms with Crippen LogP contribution in [0, 0.1) is 0 Å². The monoisotopic (exact) mass is 367 g/mol. The predicted octanol–water partition coefficient (Wildman–Crippen LogP) is 0.481. The normalized spacial score (nSPS) is 15.6. The standard InChI is InChI=1S/C16H22ClN5O3/c17-12-3-1-2-4-13(12)19-15(24)11-22-9-7-21(8-10-22)6-5-14(23)20-16(18)25/h1-4H,5-11H2,(H,19,24)(H3,18,20,23,25). The Kier molecular flexibility index (Phi) is 7.17. The van der Waals surface area contributed by atoms with E-state index in [0.29, 0.717) is 23.8 Å². The van der Waals surface area contributed by atoms with Gasteiger partial charge in [-0.15, -0.1) is 0 Å². The molecule has 1 saturated heterocycles. The number of nitrogens with one attached hydrogen (secondary N) is 2. The molecule has 8 nitrogen and oxygen atoms in total. The molecule has 0 aliphatic carbocycles. The smallest absolute Gasteiger partial charge is 0.318 e. The van der Waals surface area contributed by atoms with E-state index in [1.165, 1.54) is 0 Å². The average molecular weight is 368 g/mol. The first-order chi connectivity index (χ1) is 11.9. The zero-order valence-electron chi connectivity index (χ0n) is 13.8. The van der Waals surface area contributed by atoms with Crippen molar-refractivity contribution in [3.63, 3.8) is 0 Å². The van der Waals surface area contributed by atoms with Gasteiger partial charge in [-0.2, -0.15) is 0 Å². The third kappa shape index (κ3) is 6.69. The van der Waals surface area contributed by atoms with Gasteiger partial charge in [-0.3, -0.25) is 19.8 Å². The molecule has 9 heteroatoms. The quantitative estimate of drug-likeness (QED) is 0.677. The van der Waals surface area contributed by atoms with Crippen LogP contribution in [0.25, 0.3) is 0 Å². The molecule has 0 radical (unpaired) electrons. The molecular formula is C16H22ClN5O3. The topological polar surface area (TPSA) is 108 Å². The zero-order chi connectivity index (χ0) is 18.2. The van der Waals surface area contributed by atoms with Crippen LogP contribution in [0.15, 0.2) is 24.3 Å². The number of primary amides is 1. The lowest BCUT2D eigenvalue weighted by Crippen LogP contribution is -2.49. The lowest BCUT2D eigenvalue weighted by Gasteiger charge is -2.34. The minimum absolute atomic E-state index is 0.109. The van der Waals surface area contributed by atoms with Crippen LogP contribution in [0.1, 0.15) is 6.42 Å². The number of anilines is 1. The van der Waals surface area contributed by atoms with E-state index in [0.717, 1.165) is 26.2 Å². The Bertz CT molecular complexity index is 632. The molecular weight excluding hydrogens is 346 g/mol. The SMILES string of the molecule is NC(=O)NC(=O)CCN1CCN(CC(=O)Nc2ccccc2Cl)CC1. The van der Waals surface area contributed by atoms with Crippen molar-refractivity contribution < 1.29 is 14.4 Å². The van der Waals surface area contributed by atoms with Crippen molar-refractivity contribution in [2.24, 2.45) is 5.73 Å². The molecule has 0 bridgehead atoms. The van der Waals surface area contributed by atoms with Gasteiger partial charge in [0, 0.05) is 39.1 Å². The Morgan fingerprint density at radius 3 is 2.32 bits per heavy atom. The van der Waals surface area contributed by atoms with E-state index in [9.17, 15) is 14.4 Å². The molecule has 136 valence electrons. The van der Waals surface area contributed by atoms with Gasteiger partial charge < -0.3 is 16.0 Å². The summed E-state index contributed by atoms with van der Waals surface area (Å²) in [5.41, 5.74) is 5.50. The number of benzene rings is 1. The lowest BCUT2D eigenvalue weighted by atomic mass is 10.2. The number of hydrogen-bond donors (Lipinski definition) is 3. The number of urea groups is 1. The maximum atomic E-state index is 12.1. The predicted molar refractivity (Wildman–Crippen MR) is 95.3 cm³/mol. The first-order valence-electron chi connectivity index (χ1n) is 8.02. The fourth-order valence-corrected chi connectivity index (χ4v) is 2.77. The summed E-state index contributed by atoms with van der Waals surface area (Å²) in [5.74, 6) is -0.489. The maximum Gasteiger partial charge on any atom is 0.318 e. The average Bonchev–Trinajstić information content (AvgIpc) is 2.56. The minimum Gasteiger partial charge on any atom is -0.351 e. The summed E-state index contributed by atoms with van der Waals surface area (Å²) in [6.45, 7) is 3.81. The Morgan fingerprint density at radius 2 is 1.68 bits per heavy atom. The molecule has 1 aliphatic heterocycles. The molecule has 0 aromatic heterocycles. The van der Waals surface area contributed by atoms with E-state index < -0.39 is 6.03 Å². The number of rotatable bonds is 6. The highest BCUT2D eigenvalue weighted by molar-refractivity contribution is 6.33.